The Hall–Kier alpha value is -2.46. The van der Waals surface area contributed by atoms with Crippen LogP contribution in [0.3, 0.4) is 0 Å². The van der Waals surface area contributed by atoms with E-state index >= 15 is 0 Å². The van der Waals surface area contributed by atoms with Crippen LogP contribution in [0.4, 0.5) is 26.3 Å². The highest BCUT2D eigenvalue weighted by Gasteiger charge is 2.53. The van der Waals surface area contributed by atoms with Crippen molar-refractivity contribution in [3.05, 3.63) is 29.8 Å². The van der Waals surface area contributed by atoms with Crippen molar-refractivity contribution >= 4 is 11.9 Å². The zero-order chi connectivity index (χ0) is 19.7. The number of carbonyl (C=O) groups is 2. The topological polar surface area (TPSA) is 66.8 Å². The lowest BCUT2D eigenvalue weighted by Crippen LogP contribution is -2.34. The Bertz CT molecular complexity index is 670. The van der Waals surface area contributed by atoms with Gasteiger partial charge in [0, 0.05) is 18.7 Å². The van der Waals surface area contributed by atoms with Gasteiger partial charge in [0.05, 0.1) is 11.8 Å². The molecule has 11 heteroatoms. The second kappa shape index (κ2) is 7.04. The lowest BCUT2D eigenvalue weighted by atomic mass is 9.96. The molecule has 0 spiro atoms. The van der Waals surface area contributed by atoms with Crippen LogP contribution in [-0.4, -0.2) is 53.9 Å². The Balaban J connectivity index is 2.08. The molecule has 144 valence electrons. The third-order valence-electron chi connectivity index (χ3n) is 3.85. The molecule has 0 radical (unpaired) electrons. The van der Waals surface area contributed by atoms with Crippen molar-refractivity contribution < 1.29 is 45.8 Å². The van der Waals surface area contributed by atoms with Crippen LogP contribution in [0.5, 0.6) is 5.75 Å². The minimum Gasteiger partial charge on any atom is -0.484 e. The van der Waals surface area contributed by atoms with E-state index in [1.54, 1.807) is 0 Å². The molecule has 2 rings (SSSR count). The summed E-state index contributed by atoms with van der Waals surface area (Å²) in [5.74, 6) is -6.62. The van der Waals surface area contributed by atoms with Crippen LogP contribution in [0.25, 0.3) is 0 Å². The van der Waals surface area contributed by atoms with E-state index in [2.05, 4.69) is 4.74 Å². The van der Waals surface area contributed by atoms with Crippen molar-refractivity contribution in [3.8, 4) is 5.75 Å². The number of amides is 1. The van der Waals surface area contributed by atoms with Gasteiger partial charge in [-0.25, -0.2) is 0 Å². The molecule has 26 heavy (non-hydrogen) atoms. The Kier molecular flexibility index (Phi) is 5.38. The fourth-order valence-electron chi connectivity index (χ4n) is 2.59. The number of carboxylic acid groups (broad SMARTS) is 1. The first kappa shape index (κ1) is 19.9. The number of alkyl halides is 6. The number of hydrogen-bond donors (Lipinski definition) is 1. The number of halogens is 6. The van der Waals surface area contributed by atoms with Crippen LogP contribution >= 0.6 is 0 Å². The largest absolute Gasteiger partial charge is 0.484 e. The highest BCUT2D eigenvalue weighted by molar-refractivity contribution is 5.95. The maximum Gasteiger partial charge on any atom is 0.422 e. The third kappa shape index (κ3) is 4.79. The highest BCUT2D eigenvalue weighted by atomic mass is 19.4. The summed E-state index contributed by atoms with van der Waals surface area (Å²) in [6.07, 6.45) is -9.31. The molecule has 0 aliphatic carbocycles. The Labute approximate surface area is 143 Å². The lowest BCUT2D eigenvalue weighted by Gasteiger charge is -2.18. The summed E-state index contributed by atoms with van der Waals surface area (Å²) in [6.45, 7) is -2.93. The zero-order valence-corrected chi connectivity index (χ0v) is 13.0. The molecule has 1 aliphatic heterocycles. The highest BCUT2D eigenvalue weighted by Crippen LogP contribution is 2.38. The SMILES string of the molecule is O=C(O)[C@@H]1CN(C(=O)c2ccc(OCC(F)(F)F)cc2)C[C@H]1C(F)(F)F. The number of aliphatic carboxylic acids is 1. The van der Waals surface area contributed by atoms with Crippen molar-refractivity contribution in [3.63, 3.8) is 0 Å². The summed E-state index contributed by atoms with van der Waals surface area (Å²) in [5, 5.41) is 8.93. The number of hydrogen-bond acceptors (Lipinski definition) is 3. The summed E-state index contributed by atoms with van der Waals surface area (Å²) in [5.41, 5.74) is -0.0867. The first-order valence-corrected chi connectivity index (χ1v) is 7.27. The van der Waals surface area contributed by atoms with Crippen molar-refractivity contribution in [2.24, 2.45) is 11.8 Å². The molecule has 1 heterocycles. The normalized spacial score (nSPS) is 20.9. The molecule has 1 aromatic carbocycles. The van der Waals surface area contributed by atoms with E-state index in [0.717, 1.165) is 29.2 Å². The first-order chi connectivity index (χ1) is 11.9. The van der Waals surface area contributed by atoms with Crippen LogP contribution in [-0.2, 0) is 4.79 Å². The van der Waals surface area contributed by atoms with Crippen LogP contribution in [0.2, 0.25) is 0 Å². The van der Waals surface area contributed by atoms with E-state index in [1.165, 1.54) is 0 Å². The number of rotatable bonds is 4. The van der Waals surface area contributed by atoms with Gasteiger partial charge in [-0.2, -0.15) is 26.3 Å². The monoisotopic (exact) mass is 385 g/mol. The summed E-state index contributed by atoms with van der Waals surface area (Å²) < 4.78 is 79.5. The Morgan fingerprint density at radius 1 is 1.08 bits per heavy atom. The van der Waals surface area contributed by atoms with Gasteiger partial charge >= 0.3 is 18.3 Å². The van der Waals surface area contributed by atoms with Crippen molar-refractivity contribution in [1.29, 1.82) is 0 Å². The minimum atomic E-state index is -4.77. The van der Waals surface area contributed by atoms with E-state index < -0.39 is 55.8 Å². The molecular formula is C15H13F6NO4. The summed E-state index contributed by atoms with van der Waals surface area (Å²) >= 11 is 0. The van der Waals surface area contributed by atoms with Crippen LogP contribution < -0.4 is 4.74 Å². The van der Waals surface area contributed by atoms with E-state index in [-0.39, 0.29) is 11.3 Å². The van der Waals surface area contributed by atoms with Crippen LogP contribution in [0.1, 0.15) is 10.4 Å². The predicted octanol–water partition coefficient (Wildman–Crippen LogP) is 2.96. The van der Waals surface area contributed by atoms with E-state index in [1.807, 2.05) is 0 Å². The van der Waals surface area contributed by atoms with Gasteiger partial charge in [0.2, 0.25) is 0 Å². The molecule has 1 fully saturated rings. The number of benzene rings is 1. The summed E-state index contributed by atoms with van der Waals surface area (Å²) in [7, 11) is 0. The molecule has 1 N–H and O–H groups in total. The second-order valence-corrected chi connectivity index (χ2v) is 5.73. The maximum atomic E-state index is 12.9. The van der Waals surface area contributed by atoms with E-state index in [9.17, 15) is 35.9 Å². The van der Waals surface area contributed by atoms with Gasteiger partial charge < -0.3 is 14.7 Å². The average molecular weight is 385 g/mol. The van der Waals surface area contributed by atoms with Gasteiger partial charge in [-0.1, -0.05) is 0 Å². The molecule has 1 amide bonds. The molecular weight excluding hydrogens is 372 g/mol. The molecule has 1 aromatic rings. The van der Waals surface area contributed by atoms with E-state index in [4.69, 9.17) is 5.11 Å². The zero-order valence-electron chi connectivity index (χ0n) is 13.0. The van der Waals surface area contributed by atoms with Gasteiger partial charge in [-0.15, -0.1) is 0 Å². The summed E-state index contributed by atoms with van der Waals surface area (Å²) in [4.78, 5) is 24.0. The lowest BCUT2D eigenvalue weighted by molar-refractivity contribution is -0.187. The van der Waals surface area contributed by atoms with Crippen LogP contribution in [0.15, 0.2) is 24.3 Å². The molecule has 1 aliphatic rings. The Morgan fingerprint density at radius 3 is 2.08 bits per heavy atom. The first-order valence-electron chi connectivity index (χ1n) is 7.27. The number of nitrogens with zero attached hydrogens (tertiary/aromatic N) is 1. The quantitative estimate of drug-likeness (QED) is 0.810. The molecule has 2 atom stereocenters. The molecule has 0 aromatic heterocycles. The summed E-state index contributed by atoms with van der Waals surface area (Å²) in [6, 6.07) is 4.35. The number of likely N-dealkylation sites (tertiary alicyclic amines) is 1. The predicted molar refractivity (Wildman–Crippen MR) is 74.6 cm³/mol. The minimum absolute atomic E-state index is 0.0867. The van der Waals surface area contributed by atoms with Gasteiger partial charge in [-0.3, -0.25) is 9.59 Å². The number of carbonyl (C=O) groups excluding carboxylic acids is 1. The molecule has 1 saturated heterocycles. The third-order valence-corrected chi connectivity index (χ3v) is 3.85. The number of carboxylic acids is 1. The van der Waals surface area contributed by atoms with E-state index in [0.29, 0.717) is 0 Å². The number of ether oxygens (including phenoxy) is 1. The van der Waals surface area contributed by atoms with Gasteiger partial charge in [0.1, 0.15) is 5.75 Å². The molecule has 0 bridgehead atoms. The second-order valence-electron chi connectivity index (χ2n) is 5.73. The molecule has 0 unspecified atom stereocenters. The van der Waals surface area contributed by atoms with Crippen LogP contribution in [0, 0.1) is 11.8 Å². The smallest absolute Gasteiger partial charge is 0.422 e. The van der Waals surface area contributed by atoms with Crippen molar-refractivity contribution in [2.45, 2.75) is 12.4 Å². The van der Waals surface area contributed by atoms with Gasteiger partial charge in [-0.05, 0) is 24.3 Å². The van der Waals surface area contributed by atoms with Crippen molar-refractivity contribution in [2.75, 3.05) is 19.7 Å². The maximum absolute atomic E-state index is 12.9. The average Bonchev–Trinajstić information content (AvgIpc) is 2.98. The Morgan fingerprint density at radius 2 is 1.65 bits per heavy atom. The van der Waals surface area contributed by atoms with Gasteiger partial charge in [0.15, 0.2) is 6.61 Å². The van der Waals surface area contributed by atoms with Crippen molar-refractivity contribution in [1.82, 2.24) is 4.90 Å². The fourth-order valence-corrected chi connectivity index (χ4v) is 2.59. The van der Waals surface area contributed by atoms with Gasteiger partial charge in [0.25, 0.3) is 5.91 Å². The fraction of sp³-hybridized carbons (Fsp3) is 0.467. The molecule has 0 saturated carbocycles. The molecule has 5 nitrogen and oxygen atoms in total. The standard InChI is InChI=1S/C15H13F6NO4/c16-14(17,18)7-26-9-3-1-8(2-4-9)12(23)22-5-10(13(24)25)11(6-22)15(19,20)21/h1-4,10-11H,5-7H2,(H,24,25)/t10-,11-/m1/s1.